The molecule has 0 N–H and O–H groups in total. The van der Waals surface area contributed by atoms with Gasteiger partial charge >= 0.3 is 12.1 Å². The zero-order valence-corrected chi connectivity index (χ0v) is 22.7. The molecule has 1 saturated carbocycles. The number of aromatic nitrogens is 4. The molecule has 2 aromatic heterocycles. The number of aryl methyl sites for hydroxylation is 2. The van der Waals surface area contributed by atoms with Gasteiger partial charge in [-0.05, 0) is 70.7 Å². The second-order valence-electron chi connectivity index (χ2n) is 9.77. The van der Waals surface area contributed by atoms with Crippen molar-refractivity contribution in [2.45, 2.75) is 65.3 Å². The average molecular weight is 554 g/mol. The molecule has 0 amide bonds. The van der Waals surface area contributed by atoms with Crippen LogP contribution in [0.15, 0.2) is 36.4 Å². The lowest BCUT2D eigenvalue weighted by Crippen LogP contribution is -2.31. The van der Waals surface area contributed by atoms with Crippen molar-refractivity contribution in [1.82, 2.24) is 20.0 Å². The maximum Gasteiger partial charge on any atom is 0.514 e. The van der Waals surface area contributed by atoms with Gasteiger partial charge in [-0.1, -0.05) is 5.21 Å². The highest BCUT2D eigenvalue weighted by atomic mass is 16.7. The SMILES string of the molecule is Cc1nc(-c2nnn(C)c2COC(=O)Oc2ccc([N+](=O)[O-])cc2)ccc1O[C@H]1CCCC(C(=O)OC(C)C)C1. The van der Waals surface area contributed by atoms with E-state index in [4.69, 9.17) is 18.9 Å². The Hall–Kier alpha value is -4.55. The number of nitro groups is 1. The molecule has 1 fully saturated rings. The minimum Gasteiger partial charge on any atom is -0.489 e. The Labute approximate surface area is 230 Å². The molecule has 13 nitrogen and oxygen atoms in total. The molecule has 1 aliphatic rings. The number of non-ortho nitro benzene ring substituents is 1. The lowest BCUT2D eigenvalue weighted by atomic mass is 9.87. The average Bonchev–Trinajstić information content (AvgIpc) is 3.28. The summed E-state index contributed by atoms with van der Waals surface area (Å²) in [6.07, 6.45) is 1.85. The van der Waals surface area contributed by atoms with Crippen LogP contribution >= 0.6 is 0 Å². The highest BCUT2D eigenvalue weighted by Gasteiger charge is 2.30. The smallest absolute Gasteiger partial charge is 0.489 e. The fourth-order valence-electron chi connectivity index (χ4n) is 4.41. The van der Waals surface area contributed by atoms with Crippen LogP contribution in [0.1, 0.15) is 50.9 Å². The quantitative estimate of drug-likeness (QED) is 0.156. The maximum absolute atomic E-state index is 12.4. The van der Waals surface area contributed by atoms with Crippen molar-refractivity contribution in [1.29, 1.82) is 0 Å². The Morgan fingerprint density at radius 2 is 1.90 bits per heavy atom. The Morgan fingerprint density at radius 3 is 2.58 bits per heavy atom. The second-order valence-corrected chi connectivity index (χ2v) is 9.77. The summed E-state index contributed by atoms with van der Waals surface area (Å²) in [7, 11) is 1.66. The van der Waals surface area contributed by atoms with E-state index in [-0.39, 0.29) is 42.1 Å². The van der Waals surface area contributed by atoms with Crippen molar-refractivity contribution >= 4 is 17.8 Å². The van der Waals surface area contributed by atoms with Gasteiger partial charge in [-0.3, -0.25) is 14.9 Å². The summed E-state index contributed by atoms with van der Waals surface area (Å²) in [6.45, 7) is 5.31. The molecule has 1 aliphatic carbocycles. The van der Waals surface area contributed by atoms with Crippen molar-refractivity contribution in [3.8, 4) is 22.9 Å². The Bertz CT molecular complexity index is 1370. The number of esters is 1. The third-order valence-corrected chi connectivity index (χ3v) is 6.40. The molecule has 0 radical (unpaired) electrons. The van der Waals surface area contributed by atoms with Crippen LogP contribution in [-0.2, 0) is 27.9 Å². The van der Waals surface area contributed by atoms with Gasteiger partial charge in [0.2, 0.25) is 0 Å². The minimum absolute atomic E-state index is 0.105. The lowest BCUT2D eigenvalue weighted by Gasteiger charge is -2.29. The molecule has 1 unspecified atom stereocenters. The third kappa shape index (κ3) is 7.10. The van der Waals surface area contributed by atoms with Gasteiger partial charge in [-0.2, -0.15) is 0 Å². The van der Waals surface area contributed by atoms with Gasteiger partial charge in [0, 0.05) is 19.2 Å². The first-order chi connectivity index (χ1) is 19.1. The largest absolute Gasteiger partial charge is 0.514 e. The number of pyridine rings is 1. The molecule has 0 saturated heterocycles. The molecule has 0 bridgehead atoms. The normalized spacial score (nSPS) is 16.8. The van der Waals surface area contributed by atoms with Crippen molar-refractivity contribution in [3.05, 3.63) is 57.9 Å². The predicted octanol–water partition coefficient (Wildman–Crippen LogP) is 4.70. The second kappa shape index (κ2) is 12.5. The number of carbonyl (C=O) groups excluding carboxylic acids is 2. The number of carbonyl (C=O) groups is 2. The summed E-state index contributed by atoms with van der Waals surface area (Å²) in [5.74, 6) is 0.360. The monoisotopic (exact) mass is 553 g/mol. The molecule has 2 atom stereocenters. The van der Waals surface area contributed by atoms with Crippen LogP contribution in [0.5, 0.6) is 11.5 Å². The van der Waals surface area contributed by atoms with Crippen LogP contribution in [0.2, 0.25) is 0 Å². The molecule has 4 rings (SSSR count). The van der Waals surface area contributed by atoms with E-state index >= 15 is 0 Å². The van der Waals surface area contributed by atoms with E-state index in [2.05, 4.69) is 15.3 Å². The number of hydrogen-bond donors (Lipinski definition) is 0. The molecule has 2 heterocycles. The van der Waals surface area contributed by atoms with E-state index in [0.29, 0.717) is 34.9 Å². The van der Waals surface area contributed by atoms with Crippen molar-refractivity contribution in [2.24, 2.45) is 13.0 Å². The lowest BCUT2D eigenvalue weighted by molar-refractivity contribution is -0.384. The number of nitro benzene ring substituents is 1. The van der Waals surface area contributed by atoms with Gasteiger partial charge in [0.25, 0.3) is 5.69 Å². The first-order valence-corrected chi connectivity index (χ1v) is 12.9. The first-order valence-electron chi connectivity index (χ1n) is 12.9. The summed E-state index contributed by atoms with van der Waals surface area (Å²) in [4.78, 5) is 39.4. The number of hydrogen-bond acceptors (Lipinski definition) is 11. The molecule has 0 spiro atoms. The predicted molar refractivity (Wildman–Crippen MR) is 140 cm³/mol. The molecule has 40 heavy (non-hydrogen) atoms. The van der Waals surface area contributed by atoms with Gasteiger partial charge in [-0.25, -0.2) is 14.5 Å². The topological polar surface area (TPSA) is 158 Å². The Kier molecular flexibility index (Phi) is 8.92. The molecule has 3 aromatic rings. The van der Waals surface area contributed by atoms with E-state index in [9.17, 15) is 19.7 Å². The van der Waals surface area contributed by atoms with Crippen LogP contribution in [0.25, 0.3) is 11.4 Å². The van der Waals surface area contributed by atoms with Gasteiger partial charge < -0.3 is 18.9 Å². The van der Waals surface area contributed by atoms with Gasteiger partial charge in [-0.15, -0.1) is 5.10 Å². The van der Waals surface area contributed by atoms with E-state index in [1.165, 1.54) is 28.9 Å². The van der Waals surface area contributed by atoms with Crippen LogP contribution in [0, 0.1) is 23.0 Å². The first kappa shape index (κ1) is 28.5. The van der Waals surface area contributed by atoms with Gasteiger partial charge in [0.15, 0.2) is 0 Å². The standard InChI is InChI=1S/C27H31N5O8/c1-16(2)38-26(33)18-6-5-7-21(14-18)39-24-13-12-22(28-17(24)3)25-23(31(4)30-29-25)15-37-27(34)40-20-10-8-19(9-11-20)32(35)36/h8-13,16,18,21H,5-7,14-15H2,1-4H3/t18?,21-/m0/s1. The summed E-state index contributed by atoms with van der Waals surface area (Å²) in [6, 6.07) is 8.60. The van der Waals surface area contributed by atoms with Crippen LogP contribution in [0.4, 0.5) is 10.5 Å². The van der Waals surface area contributed by atoms with E-state index in [1.807, 2.05) is 20.8 Å². The molecule has 13 heteroatoms. The molecule has 1 aromatic carbocycles. The molecular formula is C27H31N5O8. The molecule has 212 valence electrons. The zero-order chi connectivity index (χ0) is 28.8. The van der Waals surface area contributed by atoms with E-state index in [1.54, 1.807) is 19.2 Å². The Morgan fingerprint density at radius 1 is 1.15 bits per heavy atom. The summed E-state index contributed by atoms with van der Waals surface area (Å²) in [5, 5.41) is 19.0. The van der Waals surface area contributed by atoms with E-state index < -0.39 is 11.1 Å². The van der Waals surface area contributed by atoms with E-state index in [0.717, 1.165) is 19.3 Å². The minimum atomic E-state index is -0.989. The number of nitrogens with zero attached hydrogens (tertiary/aromatic N) is 5. The zero-order valence-electron chi connectivity index (χ0n) is 22.7. The van der Waals surface area contributed by atoms with Crippen LogP contribution in [0.3, 0.4) is 0 Å². The summed E-state index contributed by atoms with van der Waals surface area (Å²) < 4.78 is 23.4. The van der Waals surface area contributed by atoms with Gasteiger partial charge in [0.05, 0.1) is 34.4 Å². The highest BCUT2D eigenvalue weighted by molar-refractivity contribution is 5.72. The summed E-state index contributed by atoms with van der Waals surface area (Å²) >= 11 is 0. The van der Waals surface area contributed by atoms with Crippen molar-refractivity contribution < 1.29 is 33.5 Å². The van der Waals surface area contributed by atoms with Gasteiger partial charge in [0.1, 0.15) is 29.5 Å². The fourth-order valence-corrected chi connectivity index (χ4v) is 4.41. The van der Waals surface area contributed by atoms with Crippen LogP contribution < -0.4 is 9.47 Å². The molecular weight excluding hydrogens is 522 g/mol. The Balaban J connectivity index is 1.38. The fraction of sp³-hybridized carbons (Fsp3) is 0.444. The van der Waals surface area contributed by atoms with Crippen LogP contribution in [-0.4, -0.2) is 49.2 Å². The maximum atomic E-state index is 12.4. The molecule has 0 aliphatic heterocycles. The highest BCUT2D eigenvalue weighted by Crippen LogP contribution is 2.31. The van der Waals surface area contributed by atoms with Crippen molar-refractivity contribution in [3.63, 3.8) is 0 Å². The number of benzene rings is 1. The number of rotatable bonds is 9. The summed E-state index contributed by atoms with van der Waals surface area (Å²) in [5.41, 5.74) is 1.94. The third-order valence-electron chi connectivity index (χ3n) is 6.40. The van der Waals surface area contributed by atoms with Crippen molar-refractivity contribution in [2.75, 3.05) is 0 Å². The number of ether oxygens (including phenoxy) is 4.